The van der Waals surface area contributed by atoms with Crippen molar-refractivity contribution in [3.05, 3.63) is 76.8 Å². The van der Waals surface area contributed by atoms with Crippen LogP contribution in [-0.2, 0) is 12.6 Å². The van der Waals surface area contributed by atoms with Crippen molar-refractivity contribution in [2.24, 2.45) is 0 Å². The van der Waals surface area contributed by atoms with Crippen LogP contribution in [0.5, 0.6) is 0 Å². The lowest BCUT2D eigenvalue weighted by molar-refractivity contribution is -0.137. The van der Waals surface area contributed by atoms with Gasteiger partial charge in [0.1, 0.15) is 18.0 Å². The maximum absolute atomic E-state index is 13.2. The fraction of sp³-hybridized carbons (Fsp3) is 0.158. The van der Waals surface area contributed by atoms with Crippen LogP contribution in [-0.4, -0.2) is 16.5 Å². The summed E-state index contributed by atoms with van der Waals surface area (Å²) in [6.45, 7) is 0.508. The lowest BCUT2D eigenvalue weighted by Crippen LogP contribution is -2.07. The minimum absolute atomic E-state index is 0.295. The van der Waals surface area contributed by atoms with Gasteiger partial charge in [0.25, 0.3) is 0 Å². The molecule has 27 heavy (non-hydrogen) atoms. The summed E-state index contributed by atoms with van der Waals surface area (Å²) < 4.78 is 51.6. The van der Waals surface area contributed by atoms with Crippen LogP contribution in [0.1, 0.15) is 11.1 Å². The van der Waals surface area contributed by atoms with Gasteiger partial charge in [-0.3, -0.25) is 0 Å². The van der Waals surface area contributed by atoms with E-state index in [4.69, 9.17) is 11.6 Å². The molecule has 1 N–H and O–H groups in total. The van der Waals surface area contributed by atoms with Gasteiger partial charge in [-0.05, 0) is 36.2 Å². The van der Waals surface area contributed by atoms with Gasteiger partial charge >= 0.3 is 6.18 Å². The Hall–Kier alpha value is -2.67. The topological polar surface area (TPSA) is 37.8 Å². The van der Waals surface area contributed by atoms with Crippen LogP contribution in [0.2, 0.25) is 5.02 Å². The highest BCUT2D eigenvalue weighted by Crippen LogP contribution is 2.36. The van der Waals surface area contributed by atoms with Crippen molar-refractivity contribution in [3.8, 4) is 11.3 Å². The Morgan fingerprint density at radius 3 is 2.52 bits per heavy atom. The van der Waals surface area contributed by atoms with Crippen molar-refractivity contribution in [2.45, 2.75) is 12.6 Å². The number of nitrogens with zero attached hydrogens (tertiary/aromatic N) is 2. The van der Waals surface area contributed by atoms with E-state index in [1.807, 2.05) is 6.07 Å². The minimum atomic E-state index is -4.51. The second-order valence-corrected chi connectivity index (χ2v) is 6.19. The molecular weight excluding hydrogens is 382 g/mol. The molecule has 0 saturated carbocycles. The van der Waals surface area contributed by atoms with Gasteiger partial charge in [0.15, 0.2) is 0 Å². The molecule has 0 radical (unpaired) electrons. The smallest absolute Gasteiger partial charge is 0.370 e. The van der Waals surface area contributed by atoms with E-state index in [0.717, 1.165) is 11.6 Å². The zero-order valence-electron chi connectivity index (χ0n) is 13.9. The van der Waals surface area contributed by atoms with Gasteiger partial charge in [-0.1, -0.05) is 29.8 Å². The van der Waals surface area contributed by atoms with E-state index in [1.165, 1.54) is 30.6 Å². The molecule has 1 aromatic heterocycles. The van der Waals surface area contributed by atoms with Gasteiger partial charge in [-0.2, -0.15) is 13.2 Å². The quantitative estimate of drug-likeness (QED) is 0.571. The maximum Gasteiger partial charge on any atom is 0.417 e. The van der Waals surface area contributed by atoms with Gasteiger partial charge in [-0.15, -0.1) is 0 Å². The first-order chi connectivity index (χ1) is 12.8. The lowest BCUT2D eigenvalue weighted by Gasteiger charge is -2.11. The van der Waals surface area contributed by atoms with Crippen LogP contribution in [0.4, 0.5) is 23.4 Å². The van der Waals surface area contributed by atoms with Crippen molar-refractivity contribution in [1.29, 1.82) is 0 Å². The Morgan fingerprint density at radius 1 is 1.00 bits per heavy atom. The summed E-state index contributed by atoms with van der Waals surface area (Å²) in [4.78, 5) is 8.16. The predicted octanol–water partition coefficient (Wildman–Crippen LogP) is 5.61. The number of nitrogens with one attached hydrogen (secondary N) is 1. The molecular formula is C19H14ClF4N3. The molecule has 3 nitrogen and oxygen atoms in total. The lowest BCUT2D eigenvalue weighted by atomic mass is 10.1. The molecule has 0 saturated heterocycles. The molecule has 140 valence electrons. The van der Waals surface area contributed by atoms with Crippen LogP contribution in [0.25, 0.3) is 11.3 Å². The van der Waals surface area contributed by atoms with Gasteiger partial charge in [0.05, 0.1) is 16.3 Å². The summed E-state index contributed by atoms with van der Waals surface area (Å²) >= 11 is 5.76. The first-order valence-electron chi connectivity index (χ1n) is 8.00. The molecule has 0 amide bonds. The molecule has 8 heteroatoms. The molecule has 0 unspecified atom stereocenters. The Balaban J connectivity index is 1.71. The SMILES string of the molecule is Fc1cccc(CCNc2cc(-c3ccc(C(F)(F)F)c(Cl)c3)ncn2)c1. The third-order valence-corrected chi connectivity index (χ3v) is 4.16. The predicted molar refractivity (Wildman–Crippen MR) is 96.1 cm³/mol. The fourth-order valence-corrected chi connectivity index (χ4v) is 2.83. The molecule has 0 spiro atoms. The molecule has 0 atom stereocenters. The van der Waals surface area contributed by atoms with Crippen LogP contribution < -0.4 is 5.32 Å². The molecule has 3 aromatic rings. The third kappa shape index (κ3) is 4.95. The first-order valence-corrected chi connectivity index (χ1v) is 8.38. The normalized spacial score (nSPS) is 11.4. The Bertz CT molecular complexity index is 944. The average Bonchev–Trinajstić information content (AvgIpc) is 2.61. The number of rotatable bonds is 5. The van der Waals surface area contributed by atoms with E-state index in [2.05, 4.69) is 15.3 Å². The summed E-state index contributed by atoms with van der Waals surface area (Å²) in [7, 11) is 0. The van der Waals surface area contributed by atoms with E-state index in [1.54, 1.807) is 12.1 Å². The molecule has 2 aromatic carbocycles. The number of benzene rings is 2. The van der Waals surface area contributed by atoms with E-state index >= 15 is 0 Å². The highest BCUT2D eigenvalue weighted by molar-refractivity contribution is 6.31. The van der Waals surface area contributed by atoms with E-state index in [9.17, 15) is 17.6 Å². The van der Waals surface area contributed by atoms with Crippen molar-refractivity contribution in [1.82, 2.24) is 9.97 Å². The van der Waals surface area contributed by atoms with E-state index in [0.29, 0.717) is 30.0 Å². The van der Waals surface area contributed by atoms with E-state index in [-0.39, 0.29) is 10.8 Å². The standard InChI is InChI=1S/C19H14ClF4N3/c20-16-9-13(4-5-15(16)19(22,23)24)17-10-18(27-11-26-17)25-7-6-12-2-1-3-14(21)8-12/h1-5,8-11H,6-7H2,(H,25,26,27). The Morgan fingerprint density at radius 2 is 1.81 bits per heavy atom. The summed E-state index contributed by atoms with van der Waals surface area (Å²) in [5, 5.41) is 2.70. The van der Waals surface area contributed by atoms with Gasteiger partial charge < -0.3 is 5.32 Å². The summed E-state index contributed by atoms with van der Waals surface area (Å²) in [5.41, 5.74) is 0.833. The van der Waals surface area contributed by atoms with E-state index < -0.39 is 11.7 Å². The van der Waals surface area contributed by atoms with Gasteiger partial charge in [-0.25, -0.2) is 14.4 Å². The molecule has 0 aliphatic carbocycles. The molecule has 0 fully saturated rings. The van der Waals surface area contributed by atoms with Crippen LogP contribution in [0, 0.1) is 5.82 Å². The number of alkyl halides is 3. The number of halogens is 5. The van der Waals surface area contributed by atoms with Crippen molar-refractivity contribution in [3.63, 3.8) is 0 Å². The molecule has 0 aliphatic heterocycles. The van der Waals surface area contributed by atoms with Gasteiger partial charge in [0, 0.05) is 18.2 Å². The molecule has 0 aliphatic rings. The second-order valence-electron chi connectivity index (χ2n) is 5.79. The molecule has 0 bridgehead atoms. The van der Waals surface area contributed by atoms with Crippen molar-refractivity contribution >= 4 is 17.4 Å². The highest BCUT2D eigenvalue weighted by Gasteiger charge is 2.33. The summed E-state index contributed by atoms with van der Waals surface area (Å²) in [6.07, 6.45) is -2.61. The molecule has 1 heterocycles. The largest absolute Gasteiger partial charge is 0.417 e. The monoisotopic (exact) mass is 395 g/mol. The summed E-state index contributed by atoms with van der Waals surface area (Å²) in [6, 6.07) is 11.4. The van der Waals surface area contributed by atoms with Crippen LogP contribution >= 0.6 is 11.6 Å². The van der Waals surface area contributed by atoms with Crippen molar-refractivity contribution < 1.29 is 17.6 Å². The number of hydrogen-bond donors (Lipinski definition) is 1. The van der Waals surface area contributed by atoms with Crippen LogP contribution in [0.15, 0.2) is 54.9 Å². The number of anilines is 1. The summed E-state index contributed by atoms with van der Waals surface area (Å²) in [5.74, 6) is 0.212. The third-order valence-electron chi connectivity index (χ3n) is 3.85. The minimum Gasteiger partial charge on any atom is -0.370 e. The second kappa shape index (κ2) is 7.92. The number of aromatic nitrogens is 2. The van der Waals surface area contributed by atoms with Crippen LogP contribution in [0.3, 0.4) is 0 Å². The maximum atomic E-state index is 13.2. The number of hydrogen-bond acceptors (Lipinski definition) is 3. The Kier molecular flexibility index (Phi) is 5.60. The first kappa shape index (κ1) is 19.1. The fourth-order valence-electron chi connectivity index (χ4n) is 2.54. The zero-order valence-corrected chi connectivity index (χ0v) is 14.7. The van der Waals surface area contributed by atoms with Gasteiger partial charge in [0.2, 0.25) is 0 Å². The average molecular weight is 396 g/mol. The molecule has 3 rings (SSSR count). The Labute approximate surface area is 158 Å². The highest BCUT2D eigenvalue weighted by atomic mass is 35.5. The van der Waals surface area contributed by atoms with Crippen molar-refractivity contribution in [2.75, 3.05) is 11.9 Å². The zero-order chi connectivity index (χ0) is 19.4.